The van der Waals surface area contributed by atoms with Crippen molar-refractivity contribution in [2.24, 2.45) is 0 Å². The molecule has 1 aliphatic rings. The summed E-state index contributed by atoms with van der Waals surface area (Å²) in [6.45, 7) is 1.47. The fourth-order valence-corrected chi connectivity index (χ4v) is 2.45. The SMILES string of the molecule is C#CCOC1C(OC)C(CO)OC1n1cc(C)c(N)nc1=O. The van der Waals surface area contributed by atoms with Crippen LogP contribution in [0, 0.1) is 19.3 Å². The second-order valence-electron chi connectivity index (χ2n) is 4.93. The Labute approximate surface area is 127 Å². The molecule has 8 nitrogen and oxygen atoms in total. The fraction of sp³-hybridized carbons (Fsp3) is 0.571. The van der Waals surface area contributed by atoms with Crippen molar-refractivity contribution >= 4 is 5.82 Å². The lowest BCUT2D eigenvalue weighted by atomic mass is 10.1. The smallest absolute Gasteiger partial charge is 0.351 e. The van der Waals surface area contributed by atoms with E-state index in [1.54, 1.807) is 6.92 Å². The minimum atomic E-state index is -0.810. The number of anilines is 1. The van der Waals surface area contributed by atoms with Crippen LogP contribution in [0.25, 0.3) is 0 Å². The molecule has 4 atom stereocenters. The van der Waals surface area contributed by atoms with Gasteiger partial charge in [0.2, 0.25) is 0 Å². The predicted molar refractivity (Wildman–Crippen MR) is 78.0 cm³/mol. The van der Waals surface area contributed by atoms with E-state index in [0.717, 1.165) is 0 Å². The zero-order chi connectivity index (χ0) is 16.3. The summed E-state index contributed by atoms with van der Waals surface area (Å²) in [5.74, 6) is 2.52. The van der Waals surface area contributed by atoms with Crippen LogP contribution in [0.5, 0.6) is 0 Å². The molecular formula is C14H19N3O5. The van der Waals surface area contributed by atoms with Gasteiger partial charge in [-0.25, -0.2) is 4.79 Å². The third-order valence-corrected chi connectivity index (χ3v) is 3.54. The third kappa shape index (κ3) is 2.98. The number of nitrogen functional groups attached to an aromatic ring is 1. The summed E-state index contributed by atoms with van der Waals surface area (Å²) in [6, 6.07) is 0. The topological polar surface area (TPSA) is 109 Å². The van der Waals surface area contributed by atoms with Crippen molar-refractivity contribution in [2.75, 3.05) is 26.1 Å². The quantitative estimate of drug-likeness (QED) is 0.675. The maximum atomic E-state index is 12.1. The summed E-state index contributed by atoms with van der Waals surface area (Å²) < 4.78 is 17.9. The summed E-state index contributed by atoms with van der Waals surface area (Å²) >= 11 is 0. The Hall–Kier alpha value is -1.92. The van der Waals surface area contributed by atoms with Crippen LogP contribution < -0.4 is 11.4 Å². The van der Waals surface area contributed by atoms with E-state index in [2.05, 4.69) is 10.9 Å². The number of aryl methyl sites for hydroxylation is 1. The lowest BCUT2D eigenvalue weighted by Crippen LogP contribution is -2.39. The molecule has 2 rings (SSSR count). The van der Waals surface area contributed by atoms with Gasteiger partial charge in [0.05, 0.1) is 6.61 Å². The van der Waals surface area contributed by atoms with Crippen molar-refractivity contribution in [3.63, 3.8) is 0 Å². The molecule has 0 saturated carbocycles. The molecule has 4 unspecified atom stereocenters. The minimum absolute atomic E-state index is 0.0265. The highest BCUT2D eigenvalue weighted by molar-refractivity contribution is 5.35. The molecule has 8 heteroatoms. The Bertz CT molecular complexity index is 624. The number of methoxy groups -OCH3 is 1. The lowest BCUT2D eigenvalue weighted by Gasteiger charge is -2.23. The maximum Gasteiger partial charge on any atom is 0.351 e. The molecule has 0 radical (unpaired) electrons. The Morgan fingerprint density at radius 1 is 1.59 bits per heavy atom. The summed E-state index contributed by atoms with van der Waals surface area (Å²) in [6.07, 6.45) is 4.09. The normalized spacial score (nSPS) is 27.7. The number of hydrogen-bond donors (Lipinski definition) is 2. The Balaban J connectivity index is 2.41. The number of terminal acetylenes is 1. The summed E-state index contributed by atoms with van der Waals surface area (Å²) in [7, 11) is 1.47. The molecule has 0 aromatic carbocycles. The summed E-state index contributed by atoms with van der Waals surface area (Å²) in [4.78, 5) is 15.8. The number of aliphatic hydroxyl groups excluding tert-OH is 1. The molecule has 0 spiro atoms. The van der Waals surface area contributed by atoms with Gasteiger partial charge < -0.3 is 25.1 Å². The molecule has 0 aliphatic carbocycles. The van der Waals surface area contributed by atoms with Crippen LogP contribution in [0.3, 0.4) is 0 Å². The van der Waals surface area contributed by atoms with E-state index in [0.29, 0.717) is 5.56 Å². The maximum absolute atomic E-state index is 12.1. The highest BCUT2D eigenvalue weighted by Gasteiger charge is 2.47. The van der Waals surface area contributed by atoms with Crippen LogP contribution in [0.1, 0.15) is 11.8 Å². The van der Waals surface area contributed by atoms with Crippen molar-refractivity contribution in [1.82, 2.24) is 9.55 Å². The standard InChI is InChI=1S/C14H19N3O5/c1-4-5-21-11-10(20-3)9(7-18)22-13(11)17-6-8(2)12(15)16-14(17)19/h1,6,9-11,13,18H,5,7H2,2-3H3,(H2,15,16,19). The van der Waals surface area contributed by atoms with Gasteiger partial charge in [-0.1, -0.05) is 5.92 Å². The van der Waals surface area contributed by atoms with E-state index >= 15 is 0 Å². The van der Waals surface area contributed by atoms with Gasteiger partial charge in [0.1, 0.15) is 30.7 Å². The molecule has 120 valence electrons. The van der Waals surface area contributed by atoms with Crippen molar-refractivity contribution in [2.45, 2.75) is 31.5 Å². The molecule has 1 fully saturated rings. The number of aliphatic hydroxyl groups is 1. The van der Waals surface area contributed by atoms with Gasteiger partial charge in [-0.05, 0) is 6.92 Å². The minimum Gasteiger partial charge on any atom is -0.394 e. The Kier molecular flexibility index (Phi) is 5.15. The zero-order valence-electron chi connectivity index (χ0n) is 12.4. The largest absolute Gasteiger partial charge is 0.394 e. The van der Waals surface area contributed by atoms with Gasteiger partial charge in [-0.15, -0.1) is 6.42 Å². The highest BCUT2D eigenvalue weighted by atomic mass is 16.6. The van der Waals surface area contributed by atoms with Crippen molar-refractivity contribution in [1.29, 1.82) is 0 Å². The van der Waals surface area contributed by atoms with Gasteiger partial charge >= 0.3 is 5.69 Å². The van der Waals surface area contributed by atoms with Crippen LogP contribution in [-0.4, -0.2) is 53.3 Å². The number of nitrogens with two attached hydrogens (primary N) is 1. The fourth-order valence-electron chi connectivity index (χ4n) is 2.45. The first-order valence-corrected chi connectivity index (χ1v) is 6.73. The number of nitrogens with zero attached hydrogens (tertiary/aromatic N) is 2. The van der Waals surface area contributed by atoms with Crippen LogP contribution in [0.15, 0.2) is 11.0 Å². The van der Waals surface area contributed by atoms with Crippen molar-refractivity contribution in [3.05, 3.63) is 22.2 Å². The van der Waals surface area contributed by atoms with Gasteiger partial charge in [0.25, 0.3) is 0 Å². The Morgan fingerprint density at radius 2 is 2.32 bits per heavy atom. The molecule has 1 aliphatic heterocycles. The monoisotopic (exact) mass is 309 g/mol. The molecule has 1 saturated heterocycles. The number of ether oxygens (including phenoxy) is 3. The van der Waals surface area contributed by atoms with Crippen molar-refractivity contribution in [3.8, 4) is 12.3 Å². The van der Waals surface area contributed by atoms with E-state index in [1.807, 2.05) is 0 Å². The molecule has 0 amide bonds. The second-order valence-corrected chi connectivity index (χ2v) is 4.93. The summed E-state index contributed by atoms with van der Waals surface area (Å²) in [5, 5.41) is 9.42. The summed E-state index contributed by atoms with van der Waals surface area (Å²) in [5.41, 5.74) is 5.67. The lowest BCUT2D eigenvalue weighted by molar-refractivity contribution is -0.0682. The molecule has 0 bridgehead atoms. The van der Waals surface area contributed by atoms with E-state index in [1.165, 1.54) is 17.9 Å². The Morgan fingerprint density at radius 3 is 2.91 bits per heavy atom. The molecule has 2 heterocycles. The highest BCUT2D eigenvalue weighted by Crippen LogP contribution is 2.32. The predicted octanol–water partition coefficient (Wildman–Crippen LogP) is -0.943. The van der Waals surface area contributed by atoms with E-state index < -0.39 is 30.2 Å². The van der Waals surface area contributed by atoms with Gasteiger partial charge in [0.15, 0.2) is 6.23 Å². The number of aromatic nitrogens is 2. The zero-order valence-corrected chi connectivity index (χ0v) is 12.4. The molecular weight excluding hydrogens is 290 g/mol. The third-order valence-electron chi connectivity index (χ3n) is 3.54. The van der Waals surface area contributed by atoms with Crippen molar-refractivity contribution < 1.29 is 19.3 Å². The average Bonchev–Trinajstić information content (AvgIpc) is 2.86. The van der Waals surface area contributed by atoms with Crippen LogP contribution in [0.4, 0.5) is 5.82 Å². The number of hydrogen-bond acceptors (Lipinski definition) is 7. The van der Waals surface area contributed by atoms with Gasteiger partial charge in [0, 0.05) is 18.9 Å². The van der Waals surface area contributed by atoms with Crippen LogP contribution >= 0.6 is 0 Å². The van der Waals surface area contributed by atoms with E-state index in [9.17, 15) is 9.90 Å². The van der Waals surface area contributed by atoms with E-state index in [-0.39, 0.29) is 19.0 Å². The first-order valence-electron chi connectivity index (χ1n) is 6.73. The molecule has 3 N–H and O–H groups in total. The second kappa shape index (κ2) is 6.89. The first kappa shape index (κ1) is 16.5. The van der Waals surface area contributed by atoms with Crippen LogP contribution in [-0.2, 0) is 14.2 Å². The molecule has 1 aromatic rings. The number of rotatable bonds is 5. The first-order chi connectivity index (χ1) is 10.5. The van der Waals surface area contributed by atoms with Crippen LogP contribution in [0.2, 0.25) is 0 Å². The van der Waals surface area contributed by atoms with E-state index in [4.69, 9.17) is 26.4 Å². The van der Waals surface area contributed by atoms with Gasteiger partial charge in [-0.3, -0.25) is 4.57 Å². The molecule has 22 heavy (non-hydrogen) atoms. The molecule has 1 aromatic heterocycles. The van der Waals surface area contributed by atoms with Gasteiger partial charge in [-0.2, -0.15) is 4.98 Å². The average molecular weight is 309 g/mol.